The number of carbonyl (C=O) groups excluding carboxylic acids is 1. The molecule has 1 amide bonds. The van der Waals surface area contributed by atoms with Crippen LogP contribution in [0.1, 0.15) is 0 Å². The molecule has 0 atom stereocenters. The van der Waals surface area contributed by atoms with Crippen molar-refractivity contribution in [3.05, 3.63) is 70.7 Å². The second-order valence-electron chi connectivity index (χ2n) is 4.95. The van der Waals surface area contributed by atoms with Crippen LogP contribution in [0.2, 0.25) is 10.0 Å². The van der Waals surface area contributed by atoms with Crippen molar-refractivity contribution in [3.63, 3.8) is 0 Å². The topological polar surface area (TPSA) is 29.1 Å². The van der Waals surface area contributed by atoms with Crippen LogP contribution in [0.5, 0.6) is 0 Å². The number of hydrogen-bond acceptors (Lipinski definition) is 2. The van der Waals surface area contributed by atoms with Crippen LogP contribution in [0.4, 0.5) is 5.69 Å². The molecule has 3 rings (SSSR count). The fourth-order valence-electron chi connectivity index (χ4n) is 2.19. The molecule has 3 aromatic carbocycles. The van der Waals surface area contributed by atoms with Crippen LogP contribution in [0.3, 0.4) is 0 Å². The summed E-state index contributed by atoms with van der Waals surface area (Å²) in [5.74, 6) is 0.189. The highest BCUT2D eigenvalue weighted by Gasteiger charge is 2.09. The van der Waals surface area contributed by atoms with Gasteiger partial charge in [0, 0.05) is 4.90 Å². The number of fused-ring (bicyclic) bond motifs is 1. The first kappa shape index (κ1) is 16.2. The van der Waals surface area contributed by atoms with Gasteiger partial charge in [0.05, 0.1) is 21.5 Å². The number of rotatable bonds is 4. The van der Waals surface area contributed by atoms with E-state index in [0.29, 0.717) is 21.5 Å². The molecule has 0 bridgehead atoms. The molecular weight excluding hydrogens is 349 g/mol. The molecule has 2 nitrogen and oxygen atoms in total. The normalized spacial score (nSPS) is 10.7. The number of carbonyl (C=O) groups is 1. The highest BCUT2D eigenvalue weighted by Crippen LogP contribution is 2.30. The molecule has 0 aliphatic carbocycles. The smallest absolute Gasteiger partial charge is 0.234 e. The summed E-state index contributed by atoms with van der Waals surface area (Å²) in [6.45, 7) is 0. The van der Waals surface area contributed by atoms with Crippen molar-refractivity contribution in [1.29, 1.82) is 0 Å². The predicted molar refractivity (Wildman–Crippen MR) is 99.8 cm³/mol. The highest BCUT2D eigenvalue weighted by molar-refractivity contribution is 8.00. The maximum atomic E-state index is 12.1. The van der Waals surface area contributed by atoms with E-state index < -0.39 is 0 Å². The molecule has 0 heterocycles. The molecule has 1 N–H and O–H groups in total. The lowest BCUT2D eigenvalue weighted by molar-refractivity contribution is -0.113. The summed E-state index contributed by atoms with van der Waals surface area (Å²) in [7, 11) is 0. The Balaban J connectivity index is 1.65. The van der Waals surface area contributed by atoms with Crippen LogP contribution in [-0.2, 0) is 4.79 Å². The minimum absolute atomic E-state index is 0.118. The van der Waals surface area contributed by atoms with Gasteiger partial charge in [-0.15, -0.1) is 11.8 Å². The molecule has 0 saturated heterocycles. The lowest BCUT2D eigenvalue weighted by atomic mass is 10.1. The van der Waals surface area contributed by atoms with Gasteiger partial charge in [0.25, 0.3) is 0 Å². The Morgan fingerprint density at radius 3 is 2.57 bits per heavy atom. The second-order valence-corrected chi connectivity index (χ2v) is 6.78. The van der Waals surface area contributed by atoms with Gasteiger partial charge in [-0.2, -0.15) is 0 Å². The summed E-state index contributed by atoms with van der Waals surface area (Å²) in [4.78, 5) is 13.1. The summed E-state index contributed by atoms with van der Waals surface area (Å²) >= 11 is 13.5. The zero-order valence-electron chi connectivity index (χ0n) is 12.1. The molecule has 3 aromatic rings. The molecule has 0 aromatic heterocycles. The maximum absolute atomic E-state index is 12.1. The van der Waals surface area contributed by atoms with Crippen LogP contribution in [0.25, 0.3) is 10.8 Å². The van der Waals surface area contributed by atoms with E-state index >= 15 is 0 Å². The first-order valence-electron chi connectivity index (χ1n) is 6.99. The van der Waals surface area contributed by atoms with Crippen molar-refractivity contribution in [2.24, 2.45) is 0 Å². The summed E-state index contributed by atoms with van der Waals surface area (Å²) in [6.07, 6.45) is 0. The minimum Gasteiger partial charge on any atom is -0.324 e. The Kier molecular flexibility index (Phi) is 5.11. The SMILES string of the molecule is O=C(CSc1ccc2ccccc2c1)Nc1cccc(Cl)c1Cl. The number of thioether (sulfide) groups is 1. The molecule has 116 valence electrons. The van der Waals surface area contributed by atoms with Crippen molar-refractivity contribution in [3.8, 4) is 0 Å². The zero-order chi connectivity index (χ0) is 16.2. The zero-order valence-corrected chi connectivity index (χ0v) is 14.4. The molecule has 0 unspecified atom stereocenters. The number of benzene rings is 3. The highest BCUT2D eigenvalue weighted by atomic mass is 35.5. The maximum Gasteiger partial charge on any atom is 0.234 e. The van der Waals surface area contributed by atoms with Gasteiger partial charge in [0.2, 0.25) is 5.91 Å². The number of nitrogens with one attached hydrogen (secondary N) is 1. The van der Waals surface area contributed by atoms with Crippen molar-refractivity contribution in [2.75, 3.05) is 11.1 Å². The van der Waals surface area contributed by atoms with Crippen LogP contribution >= 0.6 is 35.0 Å². The molecule has 0 fully saturated rings. The Labute approximate surface area is 148 Å². The van der Waals surface area contributed by atoms with Gasteiger partial charge < -0.3 is 5.32 Å². The third-order valence-corrected chi connectivity index (χ3v) is 5.13. The van der Waals surface area contributed by atoms with Gasteiger partial charge in [0.15, 0.2) is 0 Å². The molecular formula is C18H13Cl2NOS. The quantitative estimate of drug-likeness (QED) is 0.588. The molecule has 5 heteroatoms. The number of amides is 1. The fraction of sp³-hybridized carbons (Fsp3) is 0.0556. The van der Waals surface area contributed by atoms with E-state index in [2.05, 4.69) is 29.6 Å². The van der Waals surface area contributed by atoms with E-state index in [1.807, 2.05) is 18.2 Å². The fourth-order valence-corrected chi connectivity index (χ4v) is 3.28. The third kappa shape index (κ3) is 3.99. The number of hydrogen-bond donors (Lipinski definition) is 1. The van der Waals surface area contributed by atoms with Crippen LogP contribution < -0.4 is 5.32 Å². The van der Waals surface area contributed by atoms with E-state index in [0.717, 1.165) is 10.3 Å². The van der Waals surface area contributed by atoms with Gasteiger partial charge >= 0.3 is 0 Å². The largest absolute Gasteiger partial charge is 0.324 e. The van der Waals surface area contributed by atoms with Gasteiger partial charge in [-0.05, 0) is 35.0 Å². The molecule has 0 saturated carbocycles. The first-order valence-corrected chi connectivity index (χ1v) is 8.73. The Morgan fingerprint density at radius 1 is 0.957 bits per heavy atom. The Bertz CT molecular complexity index is 867. The standard InChI is InChI=1S/C18H13Cl2NOS/c19-15-6-3-7-16(18(15)20)21-17(22)11-23-14-9-8-12-4-1-2-5-13(12)10-14/h1-10H,11H2,(H,21,22). The molecule has 0 aliphatic rings. The van der Waals surface area contributed by atoms with E-state index in [-0.39, 0.29) is 5.91 Å². The van der Waals surface area contributed by atoms with Gasteiger partial charge in [-0.3, -0.25) is 4.79 Å². The Hall–Kier alpha value is -1.68. The summed E-state index contributed by atoms with van der Waals surface area (Å²) in [5, 5.41) is 5.91. The average molecular weight is 362 g/mol. The first-order chi connectivity index (χ1) is 11.1. The average Bonchev–Trinajstić information content (AvgIpc) is 2.57. The monoisotopic (exact) mass is 361 g/mol. The van der Waals surface area contributed by atoms with Gasteiger partial charge in [-0.25, -0.2) is 0 Å². The lowest BCUT2D eigenvalue weighted by Crippen LogP contribution is -2.14. The molecule has 0 aliphatic heterocycles. The van der Waals surface area contributed by atoms with Crippen LogP contribution in [-0.4, -0.2) is 11.7 Å². The predicted octanol–water partition coefficient (Wildman–Crippen LogP) is 5.88. The van der Waals surface area contributed by atoms with E-state index in [4.69, 9.17) is 23.2 Å². The molecule has 23 heavy (non-hydrogen) atoms. The number of halogens is 2. The van der Waals surface area contributed by atoms with E-state index in [9.17, 15) is 4.79 Å². The second kappa shape index (κ2) is 7.26. The van der Waals surface area contributed by atoms with Crippen LogP contribution in [0.15, 0.2) is 65.6 Å². The van der Waals surface area contributed by atoms with E-state index in [1.54, 1.807) is 18.2 Å². The third-order valence-electron chi connectivity index (χ3n) is 3.32. The summed E-state index contributed by atoms with van der Waals surface area (Å²) in [5.41, 5.74) is 0.531. The summed E-state index contributed by atoms with van der Waals surface area (Å²) < 4.78 is 0. The van der Waals surface area contributed by atoms with Crippen molar-refractivity contribution >= 4 is 57.3 Å². The van der Waals surface area contributed by atoms with Crippen molar-refractivity contribution in [1.82, 2.24) is 0 Å². The van der Waals surface area contributed by atoms with Crippen LogP contribution in [0, 0.1) is 0 Å². The number of anilines is 1. The van der Waals surface area contributed by atoms with Gasteiger partial charge in [0.1, 0.15) is 0 Å². The molecule has 0 radical (unpaired) electrons. The van der Waals surface area contributed by atoms with E-state index in [1.165, 1.54) is 17.1 Å². The van der Waals surface area contributed by atoms with Crippen molar-refractivity contribution < 1.29 is 4.79 Å². The van der Waals surface area contributed by atoms with Crippen molar-refractivity contribution in [2.45, 2.75) is 4.90 Å². The van der Waals surface area contributed by atoms with Gasteiger partial charge in [-0.1, -0.05) is 59.6 Å². The lowest BCUT2D eigenvalue weighted by Gasteiger charge is -2.08. The molecule has 0 spiro atoms. The summed E-state index contributed by atoms with van der Waals surface area (Å²) in [6, 6.07) is 19.5. The Morgan fingerprint density at radius 2 is 1.74 bits per heavy atom. The minimum atomic E-state index is -0.118.